The molecule has 2 nitrogen and oxygen atoms in total. The second-order valence-electron chi connectivity index (χ2n) is 3.88. The first-order chi connectivity index (χ1) is 7.62. The van der Waals surface area contributed by atoms with E-state index in [1.807, 2.05) is 0 Å². The van der Waals surface area contributed by atoms with Crippen LogP contribution in [0.4, 0.5) is 26.3 Å². The van der Waals surface area contributed by atoms with Crippen molar-refractivity contribution in [1.82, 2.24) is 0 Å². The van der Waals surface area contributed by atoms with E-state index < -0.39 is 30.9 Å². The average molecular weight is 266 g/mol. The summed E-state index contributed by atoms with van der Waals surface area (Å²) < 4.78 is 79.6. The van der Waals surface area contributed by atoms with Crippen LogP contribution in [0.2, 0.25) is 0 Å². The maximum atomic E-state index is 12.1. The number of hydrogen-bond acceptors (Lipinski definition) is 2. The molecule has 0 saturated heterocycles. The molecule has 8 heteroatoms. The maximum absolute atomic E-state index is 12.1. The van der Waals surface area contributed by atoms with Gasteiger partial charge in [0.2, 0.25) is 0 Å². The van der Waals surface area contributed by atoms with Crippen LogP contribution in [0.1, 0.15) is 26.2 Å². The molecule has 102 valence electrons. The fourth-order valence-electron chi connectivity index (χ4n) is 2.07. The Labute approximate surface area is 93.9 Å². The molecule has 17 heavy (non-hydrogen) atoms. The van der Waals surface area contributed by atoms with Gasteiger partial charge in [0, 0.05) is 0 Å². The van der Waals surface area contributed by atoms with Crippen molar-refractivity contribution in [1.29, 1.82) is 0 Å². The van der Waals surface area contributed by atoms with Gasteiger partial charge in [0.15, 0.2) is 0 Å². The van der Waals surface area contributed by atoms with Gasteiger partial charge in [0.25, 0.3) is 0 Å². The van der Waals surface area contributed by atoms with Crippen molar-refractivity contribution < 1.29 is 35.8 Å². The third-order valence-corrected chi connectivity index (χ3v) is 2.73. The van der Waals surface area contributed by atoms with Crippen LogP contribution >= 0.6 is 0 Å². The third kappa shape index (κ3) is 4.71. The van der Waals surface area contributed by atoms with E-state index in [-0.39, 0.29) is 12.8 Å². The summed E-state index contributed by atoms with van der Waals surface area (Å²) in [6.07, 6.45) is -12.6. The van der Waals surface area contributed by atoms with Crippen LogP contribution in [0, 0.1) is 5.92 Å². The summed E-state index contributed by atoms with van der Waals surface area (Å²) in [5, 5.41) is 0. The molecule has 1 aliphatic rings. The zero-order chi connectivity index (χ0) is 13.3. The molecule has 0 heterocycles. The van der Waals surface area contributed by atoms with Gasteiger partial charge in [-0.25, -0.2) is 0 Å². The molecule has 0 spiro atoms. The Morgan fingerprint density at radius 3 is 1.88 bits per heavy atom. The van der Waals surface area contributed by atoms with E-state index >= 15 is 0 Å². The highest BCUT2D eigenvalue weighted by molar-refractivity contribution is 4.87. The Bertz CT molecular complexity index is 249. The van der Waals surface area contributed by atoms with Gasteiger partial charge < -0.3 is 0 Å². The number of ether oxygens (including phenoxy) is 2. The van der Waals surface area contributed by atoms with Crippen molar-refractivity contribution in [2.45, 2.75) is 51.1 Å². The van der Waals surface area contributed by atoms with E-state index in [0.29, 0.717) is 6.42 Å². The zero-order valence-corrected chi connectivity index (χ0v) is 8.94. The first kappa shape index (κ1) is 14.6. The fourth-order valence-corrected chi connectivity index (χ4v) is 2.07. The lowest BCUT2D eigenvalue weighted by molar-refractivity contribution is -0.387. The second-order valence-corrected chi connectivity index (χ2v) is 3.88. The van der Waals surface area contributed by atoms with Crippen LogP contribution in [0.3, 0.4) is 0 Å². The highest BCUT2D eigenvalue weighted by Crippen LogP contribution is 2.39. The van der Waals surface area contributed by atoms with E-state index in [2.05, 4.69) is 9.47 Å². The standard InChI is InChI=1S/C9H12F6O2/c1-2-5-3-4-6(16-8(10,11)12)7(5)17-9(13,14)15/h5-7H,2-4H2,1H3. The minimum atomic E-state index is -4.95. The smallest absolute Gasteiger partial charge is 0.286 e. The van der Waals surface area contributed by atoms with Crippen LogP contribution in [0.5, 0.6) is 0 Å². The molecule has 0 bridgehead atoms. The molecule has 3 atom stereocenters. The van der Waals surface area contributed by atoms with Crippen LogP contribution in [-0.2, 0) is 9.47 Å². The fraction of sp³-hybridized carbons (Fsp3) is 1.00. The van der Waals surface area contributed by atoms with Crippen LogP contribution in [0.15, 0.2) is 0 Å². The summed E-state index contributed by atoms with van der Waals surface area (Å²) >= 11 is 0. The van der Waals surface area contributed by atoms with E-state index in [9.17, 15) is 26.3 Å². The quantitative estimate of drug-likeness (QED) is 0.726. The van der Waals surface area contributed by atoms with Crippen molar-refractivity contribution in [2.75, 3.05) is 0 Å². The van der Waals surface area contributed by atoms with Crippen LogP contribution in [0.25, 0.3) is 0 Å². The molecule has 0 amide bonds. The lowest BCUT2D eigenvalue weighted by Crippen LogP contribution is -2.38. The summed E-state index contributed by atoms with van der Waals surface area (Å²) in [7, 11) is 0. The van der Waals surface area contributed by atoms with E-state index in [1.165, 1.54) is 0 Å². The van der Waals surface area contributed by atoms with Crippen LogP contribution in [-0.4, -0.2) is 24.9 Å². The monoisotopic (exact) mass is 266 g/mol. The minimum absolute atomic E-state index is 0.0846. The van der Waals surface area contributed by atoms with E-state index in [0.717, 1.165) is 0 Å². The van der Waals surface area contributed by atoms with Gasteiger partial charge in [0.1, 0.15) is 0 Å². The van der Waals surface area contributed by atoms with Crippen LogP contribution < -0.4 is 0 Å². The van der Waals surface area contributed by atoms with E-state index in [1.54, 1.807) is 6.92 Å². The molecule has 1 saturated carbocycles. The molecule has 1 rings (SSSR count). The number of alkyl halides is 6. The third-order valence-electron chi connectivity index (χ3n) is 2.73. The SMILES string of the molecule is CCC1CCC(OC(F)(F)F)C1OC(F)(F)F. The molecule has 0 radical (unpaired) electrons. The first-order valence-corrected chi connectivity index (χ1v) is 5.11. The number of hydrogen-bond donors (Lipinski definition) is 0. The van der Waals surface area contributed by atoms with Crippen molar-refractivity contribution >= 4 is 0 Å². The molecule has 1 aliphatic carbocycles. The van der Waals surface area contributed by atoms with Crippen molar-refractivity contribution in [3.8, 4) is 0 Å². The van der Waals surface area contributed by atoms with Gasteiger partial charge in [-0.05, 0) is 18.8 Å². The highest BCUT2D eigenvalue weighted by atomic mass is 19.4. The molecule has 0 aromatic heterocycles. The predicted octanol–water partition coefficient (Wildman–Crippen LogP) is 3.62. The van der Waals surface area contributed by atoms with Crippen molar-refractivity contribution in [2.24, 2.45) is 5.92 Å². The molecule has 0 aromatic rings. The second kappa shape index (κ2) is 5.01. The van der Waals surface area contributed by atoms with Crippen molar-refractivity contribution in [3.05, 3.63) is 0 Å². The zero-order valence-electron chi connectivity index (χ0n) is 8.94. The topological polar surface area (TPSA) is 18.5 Å². The molecule has 1 fully saturated rings. The Morgan fingerprint density at radius 2 is 1.47 bits per heavy atom. The normalized spacial score (nSPS) is 30.9. The molecule has 0 aliphatic heterocycles. The predicted molar refractivity (Wildman–Crippen MR) is 44.9 cm³/mol. The Balaban J connectivity index is 2.69. The van der Waals surface area contributed by atoms with Gasteiger partial charge in [0.05, 0.1) is 12.2 Å². The molecule has 0 N–H and O–H groups in total. The number of rotatable bonds is 3. The largest absolute Gasteiger partial charge is 0.522 e. The lowest BCUT2D eigenvalue weighted by atomic mass is 10.0. The summed E-state index contributed by atoms with van der Waals surface area (Å²) in [4.78, 5) is 0. The first-order valence-electron chi connectivity index (χ1n) is 5.11. The van der Waals surface area contributed by atoms with Gasteiger partial charge in [-0.1, -0.05) is 13.3 Å². The highest BCUT2D eigenvalue weighted by Gasteiger charge is 2.48. The average Bonchev–Trinajstić information content (AvgIpc) is 2.43. The summed E-state index contributed by atoms with van der Waals surface area (Å²) in [5.74, 6) is -0.566. The Hall–Kier alpha value is -0.500. The van der Waals surface area contributed by atoms with Gasteiger partial charge in [-0.3, -0.25) is 9.47 Å². The van der Waals surface area contributed by atoms with E-state index in [4.69, 9.17) is 0 Å². The Kier molecular flexibility index (Phi) is 4.29. The van der Waals surface area contributed by atoms with Gasteiger partial charge in [-0.2, -0.15) is 0 Å². The molecular weight excluding hydrogens is 254 g/mol. The molecule has 0 aromatic carbocycles. The minimum Gasteiger partial charge on any atom is -0.286 e. The van der Waals surface area contributed by atoms with Gasteiger partial charge in [-0.15, -0.1) is 26.3 Å². The van der Waals surface area contributed by atoms with Crippen molar-refractivity contribution in [3.63, 3.8) is 0 Å². The summed E-state index contributed by atoms with van der Waals surface area (Å²) in [6, 6.07) is 0. The summed E-state index contributed by atoms with van der Waals surface area (Å²) in [5.41, 5.74) is 0. The number of halogens is 6. The molecular formula is C9H12F6O2. The summed E-state index contributed by atoms with van der Waals surface area (Å²) in [6.45, 7) is 1.60. The maximum Gasteiger partial charge on any atom is 0.522 e. The Morgan fingerprint density at radius 1 is 0.941 bits per heavy atom. The molecule has 3 unspecified atom stereocenters. The lowest BCUT2D eigenvalue weighted by Gasteiger charge is -2.26. The van der Waals surface area contributed by atoms with Gasteiger partial charge >= 0.3 is 12.7 Å².